The highest BCUT2D eigenvalue weighted by atomic mass is 35.5. The normalized spacial score (nSPS) is 21.3. The Kier molecular flexibility index (Phi) is 12.4. The molecule has 2 fully saturated rings. The summed E-state index contributed by atoms with van der Waals surface area (Å²) in [6, 6.07) is 4.61. The number of alkyl carbamates (subject to hydrolysis) is 1. The third kappa shape index (κ3) is 10.1. The zero-order valence-electron chi connectivity index (χ0n) is 23.9. The summed E-state index contributed by atoms with van der Waals surface area (Å²) in [5.41, 5.74) is 0.0699. The lowest BCUT2D eigenvalue weighted by Crippen LogP contribution is -2.58. The SMILES string of the molecule is CC(C)(C)OC(=O)NCCC(=O)NC(Cc1ccc(Cl)cc1Cl)C(=O)N1CCN(C2CCCCCC2CO)CC1. The molecule has 0 bridgehead atoms. The van der Waals surface area contributed by atoms with E-state index in [-0.39, 0.29) is 43.7 Å². The Balaban J connectivity index is 1.62. The highest BCUT2D eigenvalue weighted by molar-refractivity contribution is 6.35. The van der Waals surface area contributed by atoms with Gasteiger partial charge < -0.3 is 25.4 Å². The van der Waals surface area contributed by atoms with Crippen LogP contribution in [0.1, 0.15) is 64.9 Å². The number of ether oxygens (including phenoxy) is 1. The van der Waals surface area contributed by atoms with Crippen molar-refractivity contribution in [2.45, 2.75) is 83.4 Å². The van der Waals surface area contributed by atoms with Crippen molar-refractivity contribution in [3.8, 4) is 0 Å². The standard InChI is InChI=1S/C29H44Cl2N4O5/c1-29(2,3)40-28(39)32-12-11-26(37)33-24(17-20-9-10-22(30)18-23(20)31)27(38)35-15-13-34(14-16-35)25-8-6-4-5-7-21(25)19-36/h9-10,18,21,24-25,36H,4-8,11-17,19H2,1-3H3,(H,32,39)(H,33,37). The third-order valence-electron chi connectivity index (χ3n) is 7.54. The maximum absolute atomic E-state index is 13.7. The molecule has 1 saturated carbocycles. The molecule has 40 heavy (non-hydrogen) atoms. The van der Waals surface area contributed by atoms with Crippen LogP contribution in [-0.4, -0.2) is 89.8 Å². The fraction of sp³-hybridized carbons (Fsp3) is 0.690. The number of benzene rings is 1. The zero-order valence-corrected chi connectivity index (χ0v) is 25.4. The largest absolute Gasteiger partial charge is 0.444 e. The summed E-state index contributed by atoms with van der Waals surface area (Å²) < 4.78 is 5.21. The van der Waals surface area contributed by atoms with Gasteiger partial charge in [-0.05, 0) is 57.2 Å². The molecule has 1 saturated heterocycles. The van der Waals surface area contributed by atoms with Crippen LogP contribution in [0.2, 0.25) is 10.0 Å². The first kappa shape index (κ1) is 32.4. The van der Waals surface area contributed by atoms with E-state index in [4.69, 9.17) is 27.9 Å². The van der Waals surface area contributed by atoms with Gasteiger partial charge in [-0.25, -0.2) is 4.79 Å². The molecular weight excluding hydrogens is 555 g/mol. The molecule has 0 radical (unpaired) electrons. The van der Waals surface area contributed by atoms with E-state index in [2.05, 4.69) is 15.5 Å². The number of carbonyl (C=O) groups is 3. The Morgan fingerprint density at radius 2 is 1.77 bits per heavy atom. The number of rotatable bonds is 9. The van der Waals surface area contributed by atoms with Crippen molar-refractivity contribution in [1.29, 1.82) is 0 Å². The number of piperazine rings is 1. The lowest BCUT2D eigenvalue weighted by molar-refractivity contribution is -0.138. The molecule has 3 atom stereocenters. The molecule has 0 spiro atoms. The molecule has 11 heteroatoms. The quantitative estimate of drug-likeness (QED) is 0.370. The van der Waals surface area contributed by atoms with Crippen LogP contribution in [0.3, 0.4) is 0 Å². The molecule has 1 aliphatic heterocycles. The minimum Gasteiger partial charge on any atom is -0.444 e. The molecule has 1 aliphatic carbocycles. The highest BCUT2D eigenvalue weighted by Crippen LogP contribution is 2.28. The number of hydrogen-bond acceptors (Lipinski definition) is 6. The molecule has 3 unspecified atom stereocenters. The first-order valence-electron chi connectivity index (χ1n) is 14.3. The third-order valence-corrected chi connectivity index (χ3v) is 8.13. The van der Waals surface area contributed by atoms with Gasteiger partial charge in [-0.1, -0.05) is 48.5 Å². The maximum Gasteiger partial charge on any atom is 0.407 e. The number of nitrogens with one attached hydrogen (secondary N) is 2. The van der Waals surface area contributed by atoms with Crippen LogP contribution in [-0.2, 0) is 20.7 Å². The van der Waals surface area contributed by atoms with E-state index in [0.29, 0.717) is 34.7 Å². The lowest BCUT2D eigenvalue weighted by atomic mass is 9.93. The van der Waals surface area contributed by atoms with Gasteiger partial charge in [0, 0.05) is 68.3 Å². The van der Waals surface area contributed by atoms with E-state index in [0.717, 1.165) is 32.4 Å². The smallest absolute Gasteiger partial charge is 0.407 e. The molecule has 2 aliphatic rings. The number of hydrogen-bond donors (Lipinski definition) is 3. The van der Waals surface area contributed by atoms with Crippen molar-refractivity contribution >= 4 is 41.1 Å². The second kappa shape index (κ2) is 15.2. The average Bonchev–Trinajstić information content (AvgIpc) is 3.14. The maximum atomic E-state index is 13.7. The Morgan fingerprint density at radius 3 is 2.42 bits per heavy atom. The predicted octanol–water partition coefficient (Wildman–Crippen LogP) is 4.02. The Labute approximate surface area is 247 Å². The molecule has 3 amide bonds. The summed E-state index contributed by atoms with van der Waals surface area (Å²) in [6.07, 6.45) is 5.25. The molecule has 0 aromatic heterocycles. The predicted molar refractivity (Wildman–Crippen MR) is 157 cm³/mol. The molecule has 224 valence electrons. The Hall–Kier alpha value is -2.07. The molecular formula is C29H44Cl2N4O5. The second-order valence-electron chi connectivity index (χ2n) is 11.7. The van der Waals surface area contributed by atoms with Crippen molar-refractivity contribution in [3.63, 3.8) is 0 Å². The van der Waals surface area contributed by atoms with E-state index in [1.807, 2.05) is 0 Å². The van der Waals surface area contributed by atoms with Gasteiger partial charge in [0.15, 0.2) is 0 Å². The van der Waals surface area contributed by atoms with Gasteiger partial charge in [-0.2, -0.15) is 0 Å². The van der Waals surface area contributed by atoms with Crippen LogP contribution < -0.4 is 10.6 Å². The molecule has 9 nitrogen and oxygen atoms in total. The monoisotopic (exact) mass is 598 g/mol. The van der Waals surface area contributed by atoms with Gasteiger partial charge in [0.25, 0.3) is 0 Å². The fourth-order valence-electron chi connectivity index (χ4n) is 5.52. The van der Waals surface area contributed by atoms with Crippen molar-refractivity contribution in [2.24, 2.45) is 5.92 Å². The molecule has 1 heterocycles. The van der Waals surface area contributed by atoms with Crippen molar-refractivity contribution < 1.29 is 24.2 Å². The average molecular weight is 600 g/mol. The van der Waals surface area contributed by atoms with E-state index in [1.54, 1.807) is 43.9 Å². The van der Waals surface area contributed by atoms with E-state index < -0.39 is 17.7 Å². The summed E-state index contributed by atoms with van der Waals surface area (Å²) in [6.45, 7) is 8.13. The van der Waals surface area contributed by atoms with Gasteiger partial charge in [-0.15, -0.1) is 0 Å². The molecule has 1 aromatic carbocycles. The van der Waals surface area contributed by atoms with Crippen molar-refractivity contribution in [2.75, 3.05) is 39.3 Å². The van der Waals surface area contributed by atoms with Crippen molar-refractivity contribution in [1.82, 2.24) is 20.4 Å². The summed E-state index contributed by atoms with van der Waals surface area (Å²) in [4.78, 5) is 42.7. The van der Waals surface area contributed by atoms with Crippen molar-refractivity contribution in [3.05, 3.63) is 33.8 Å². The van der Waals surface area contributed by atoms with Crippen LogP contribution in [0.5, 0.6) is 0 Å². The number of aliphatic hydroxyl groups is 1. The lowest BCUT2D eigenvalue weighted by Gasteiger charge is -2.42. The first-order valence-corrected chi connectivity index (χ1v) is 15.1. The highest BCUT2D eigenvalue weighted by Gasteiger charge is 2.34. The van der Waals surface area contributed by atoms with Gasteiger partial charge in [0.1, 0.15) is 11.6 Å². The number of nitrogens with zero attached hydrogens (tertiary/aromatic N) is 2. The van der Waals surface area contributed by atoms with Crippen LogP contribution in [0.15, 0.2) is 18.2 Å². The minimum absolute atomic E-state index is 0.00458. The first-order chi connectivity index (χ1) is 19.0. The molecule has 3 N–H and O–H groups in total. The summed E-state index contributed by atoms with van der Waals surface area (Å²) >= 11 is 12.5. The molecule has 1 aromatic rings. The zero-order chi connectivity index (χ0) is 29.3. The van der Waals surface area contributed by atoms with Crippen LogP contribution in [0, 0.1) is 5.92 Å². The molecule has 3 rings (SSSR count). The fourth-order valence-corrected chi connectivity index (χ4v) is 6.00. The summed E-state index contributed by atoms with van der Waals surface area (Å²) in [5.74, 6) is -0.251. The van der Waals surface area contributed by atoms with E-state index >= 15 is 0 Å². The van der Waals surface area contributed by atoms with Crippen LogP contribution >= 0.6 is 23.2 Å². The number of aliphatic hydroxyl groups excluding tert-OH is 1. The van der Waals surface area contributed by atoms with E-state index in [1.165, 1.54) is 12.8 Å². The van der Waals surface area contributed by atoms with E-state index in [9.17, 15) is 19.5 Å². The van der Waals surface area contributed by atoms with Gasteiger partial charge in [0.2, 0.25) is 11.8 Å². The minimum atomic E-state index is -0.817. The summed E-state index contributed by atoms with van der Waals surface area (Å²) in [7, 11) is 0. The van der Waals surface area contributed by atoms with Crippen LogP contribution in [0.25, 0.3) is 0 Å². The topological polar surface area (TPSA) is 111 Å². The van der Waals surface area contributed by atoms with Gasteiger partial charge in [-0.3, -0.25) is 14.5 Å². The number of amides is 3. The van der Waals surface area contributed by atoms with Crippen LogP contribution in [0.4, 0.5) is 4.79 Å². The second-order valence-corrected chi connectivity index (χ2v) is 12.6. The Morgan fingerprint density at radius 1 is 1.07 bits per heavy atom. The number of halogens is 2. The van der Waals surface area contributed by atoms with Gasteiger partial charge >= 0.3 is 6.09 Å². The van der Waals surface area contributed by atoms with Gasteiger partial charge in [0.05, 0.1) is 0 Å². The Bertz CT molecular complexity index is 1010. The summed E-state index contributed by atoms with van der Waals surface area (Å²) in [5, 5.41) is 16.3. The number of carbonyl (C=O) groups excluding carboxylic acids is 3.